The van der Waals surface area contributed by atoms with Crippen molar-refractivity contribution < 1.29 is 13.9 Å². The lowest BCUT2D eigenvalue weighted by atomic mass is 10.2. The van der Waals surface area contributed by atoms with Gasteiger partial charge in [-0.25, -0.2) is 4.39 Å². The first-order valence-corrected chi connectivity index (χ1v) is 8.97. The Labute approximate surface area is 160 Å². The molecule has 4 rings (SSSR count). The number of ether oxygens (including phenoxy) is 1. The third kappa shape index (κ3) is 4.25. The topological polar surface area (TPSA) is 73.2 Å². The number of rotatable bonds is 6. The summed E-state index contributed by atoms with van der Waals surface area (Å²) < 4.78 is 20.0. The van der Waals surface area contributed by atoms with Crippen LogP contribution in [0.25, 0.3) is 5.69 Å². The Hall–Kier alpha value is -3.48. The maximum absolute atomic E-state index is 13.2. The summed E-state index contributed by atoms with van der Waals surface area (Å²) >= 11 is 0. The van der Waals surface area contributed by atoms with Crippen molar-refractivity contribution in [2.24, 2.45) is 0 Å². The minimum Gasteiger partial charge on any atom is -0.472 e. The van der Waals surface area contributed by atoms with Gasteiger partial charge in [0.2, 0.25) is 5.88 Å². The minimum absolute atomic E-state index is 0.124. The highest BCUT2D eigenvalue weighted by Crippen LogP contribution is 2.19. The lowest BCUT2D eigenvalue weighted by molar-refractivity contribution is 0.0951. The molecule has 0 radical (unpaired) electrons. The van der Waals surface area contributed by atoms with E-state index in [9.17, 15) is 14.0 Å². The van der Waals surface area contributed by atoms with E-state index < -0.39 is 0 Å². The summed E-state index contributed by atoms with van der Waals surface area (Å²) in [7, 11) is 0. The number of nitrogens with one attached hydrogen (secondary N) is 1. The van der Waals surface area contributed by atoms with E-state index in [2.05, 4.69) is 10.4 Å². The molecule has 1 heterocycles. The zero-order valence-corrected chi connectivity index (χ0v) is 15.0. The molecule has 1 saturated carbocycles. The van der Waals surface area contributed by atoms with Gasteiger partial charge in [0, 0.05) is 23.7 Å². The molecule has 0 saturated heterocycles. The van der Waals surface area contributed by atoms with E-state index >= 15 is 0 Å². The number of halogens is 1. The average Bonchev–Trinajstić information content (AvgIpc) is 3.51. The monoisotopic (exact) mass is 379 g/mol. The molecule has 1 fully saturated rings. The Morgan fingerprint density at radius 2 is 1.93 bits per heavy atom. The van der Waals surface area contributed by atoms with Gasteiger partial charge >= 0.3 is 0 Å². The van der Waals surface area contributed by atoms with Crippen LogP contribution in [0.4, 0.5) is 4.39 Å². The average molecular weight is 379 g/mol. The second-order valence-corrected chi connectivity index (χ2v) is 6.63. The molecule has 0 unspecified atom stereocenters. The van der Waals surface area contributed by atoms with E-state index in [1.54, 1.807) is 36.4 Å². The summed E-state index contributed by atoms with van der Waals surface area (Å²) in [6.07, 6.45) is 2.04. The van der Waals surface area contributed by atoms with E-state index in [1.807, 2.05) is 0 Å². The standard InChI is InChI=1S/C21H18FN3O3/c22-16-3-1-2-14(12-16)13-28-19-10-11-20(26)25(24-19)18-8-4-15(5-9-18)21(27)23-17-6-7-17/h1-5,8-12,17H,6-7,13H2,(H,23,27). The normalized spacial score (nSPS) is 13.2. The molecule has 0 atom stereocenters. The number of carbonyl (C=O) groups excluding carboxylic acids is 1. The molecule has 1 aliphatic rings. The molecule has 0 spiro atoms. The summed E-state index contributed by atoms with van der Waals surface area (Å²) in [6, 6.07) is 15.8. The van der Waals surface area contributed by atoms with E-state index in [1.165, 1.54) is 28.9 Å². The second kappa shape index (κ2) is 7.64. The van der Waals surface area contributed by atoms with Gasteiger partial charge in [-0.05, 0) is 54.8 Å². The van der Waals surface area contributed by atoms with Crippen molar-refractivity contribution in [2.45, 2.75) is 25.5 Å². The Morgan fingerprint density at radius 3 is 2.64 bits per heavy atom. The predicted octanol–water partition coefficient (Wildman–Crippen LogP) is 2.84. The molecule has 1 aromatic heterocycles. The number of nitrogens with zero attached hydrogens (tertiary/aromatic N) is 2. The van der Waals surface area contributed by atoms with Gasteiger partial charge in [0.15, 0.2) is 0 Å². The van der Waals surface area contributed by atoms with Gasteiger partial charge in [-0.3, -0.25) is 9.59 Å². The van der Waals surface area contributed by atoms with Crippen molar-refractivity contribution in [3.8, 4) is 11.6 Å². The molecule has 1 N–H and O–H groups in total. The van der Waals surface area contributed by atoms with Crippen molar-refractivity contribution in [1.29, 1.82) is 0 Å². The molecule has 0 bridgehead atoms. The van der Waals surface area contributed by atoms with Gasteiger partial charge in [0.25, 0.3) is 11.5 Å². The number of aromatic nitrogens is 2. The van der Waals surface area contributed by atoms with Crippen LogP contribution in [0.15, 0.2) is 65.5 Å². The Bertz CT molecular complexity index is 1060. The van der Waals surface area contributed by atoms with Gasteiger partial charge in [-0.1, -0.05) is 12.1 Å². The smallest absolute Gasteiger partial charge is 0.271 e. The molecule has 1 aliphatic carbocycles. The van der Waals surface area contributed by atoms with Crippen LogP contribution in [0.3, 0.4) is 0 Å². The van der Waals surface area contributed by atoms with E-state index in [0.717, 1.165) is 12.8 Å². The number of carbonyl (C=O) groups is 1. The molecule has 2 aromatic carbocycles. The number of amides is 1. The van der Waals surface area contributed by atoms with Gasteiger partial charge in [-0.15, -0.1) is 5.10 Å². The fourth-order valence-electron chi connectivity index (χ4n) is 2.69. The van der Waals surface area contributed by atoms with Crippen LogP contribution in [-0.2, 0) is 6.61 Å². The molecule has 7 heteroatoms. The minimum atomic E-state index is -0.343. The van der Waals surface area contributed by atoms with Crippen LogP contribution < -0.4 is 15.6 Å². The Morgan fingerprint density at radius 1 is 1.14 bits per heavy atom. The highest BCUT2D eigenvalue weighted by Gasteiger charge is 2.23. The van der Waals surface area contributed by atoms with Gasteiger partial charge in [0.05, 0.1) is 5.69 Å². The van der Waals surface area contributed by atoms with Crippen LogP contribution in [0.5, 0.6) is 5.88 Å². The predicted molar refractivity (Wildman–Crippen MR) is 101 cm³/mol. The molecule has 6 nitrogen and oxygen atoms in total. The first-order valence-electron chi connectivity index (χ1n) is 8.97. The third-order valence-corrected chi connectivity index (χ3v) is 4.34. The first kappa shape index (κ1) is 17.9. The fraction of sp³-hybridized carbons (Fsp3) is 0.190. The number of benzene rings is 2. The van der Waals surface area contributed by atoms with Crippen LogP contribution in [-0.4, -0.2) is 21.7 Å². The van der Waals surface area contributed by atoms with Crippen molar-refractivity contribution in [3.63, 3.8) is 0 Å². The molecular formula is C21H18FN3O3. The molecule has 28 heavy (non-hydrogen) atoms. The lowest BCUT2D eigenvalue weighted by Crippen LogP contribution is -2.25. The highest BCUT2D eigenvalue weighted by atomic mass is 19.1. The molecule has 3 aromatic rings. The van der Waals surface area contributed by atoms with Crippen molar-refractivity contribution in [3.05, 3.63) is 88.0 Å². The fourth-order valence-corrected chi connectivity index (χ4v) is 2.69. The largest absolute Gasteiger partial charge is 0.472 e. The van der Waals surface area contributed by atoms with Gasteiger partial charge in [-0.2, -0.15) is 4.68 Å². The van der Waals surface area contributed by atoms with E-state index in [-0.39, 0.29) is 35.8 Å². The Kier molecular flexibility index (Phi) is 4.89. The highest BCUT2D eigenvalue weighted by molar-refractivity contribution is 5.94. The van der Waals surface area contributed by atoms with Crippen LogP contribution in [0.1, 0.15) is 28.8 Å². The molecule has 142 valence electrons. The zero-order valence-electron chi connectivity index (χ0n) is 15.0. The van der Waals surface area contributed by atoms with E-state index in [4.69, 9.17) is 4.74 Å². The molecule has 0 aliphatic heterocycles. The van der Waals surface area contributed by atoms with Gasteiger partial charge in [0.1, 0.15) is 12.4 Å². The summed E-state index contributed by atoms with van der Waals surface area (Å²) in [5, 5.41) is 7.12. The van der Waals surface area contributed by atoms with Crippen LogP contribution >= 0.6 is 0 Å². The number of hydrogen-bond acceptors (Lipinski definition) is 4. The van der Waals surface area contributed by atoms with Gasteiger partial charge < -0.3 is 10.1 Å². The quantitative estimate of drug-likeness (QED) is 0.715. The summed E-state index contributed by atoms with van der Waals surface area (Å²) in [5.41, 5.74) is 1.38. The third-order valence-electron chi connectivity index (χ3n) is 4.34. The van der Waals surface area contributed by atoms with Crippen LogP contribution in [0.2, 0.25) is 0 Å². The maximum Gasteiger partial charge on any atom is 0.271 e. The lowest BCUT2D eigenvalue weighted by Gasteiger charge is -2.09. The zero-order chi connectivity index (χ0) is 19.5. The summed E-state index contributed by atoms with van der Waals surface area (Å²) in [6.45, 7) is 0.128. The van der Waals surface area contributed by atoms with Crippen molar-refractivity contribution >= 4 is 5.91 Å². The number of hydrogen-bond donors (Lipinski definition) is 1. The molecular weight excluding hydrogens is 361 g/mol. The van der Waals surface area contributed by atoms with Crippen molar-refractivity contribution in [1.82, 2.24) is 15.1 Å². The van der Waals surface area contributed by atoms with Crippen LogP contribution in [0, 0.1) is 5.82 Å². The Balaban J connectivity index is 1.50. The van der Waals surface area contributed by atoms with Crippen molar-refractivity contribution in [2.75, 3.05) is 0 Å². The maximum atomic E-state index is 13.2. The summed E-state index contributed by atoms with van der Waals surface area (Å²) in [4.78, 5) is 24.2. The molecule has 1 amide bonds. The first-order chi connectivity index (χ1) is 13.6. The second-order valence-electron chi connectivity index (χ2n) is 6.63. The van der Waals surface area contributed by atoms with E-state index in [0.29, 0.717) is 16.8 Å². The SMILES string of the molecule is O=C(NC1CC1)c1ccc(-n2nc(OCc3cccc(F)c3)ccc2=O)cc1. The summed E-state index contributed by atoms with van der Waals surface area (Å²) in [5.74, 6) is -0.231.